The minimum Gasteiger partial charge on any atom is -0.380 e. The monoisotopic (exact) mass is 512 g/mol. The molecule has 0 atom stereocenters. The van der Waals surface area contributed by atoms with Crippen LogP contribution in [0.3, 0.4) is 0 Å². The molecular weight excluding hydrogens is 476 g/mol. The van der Waals surface area contributed by atoms with E-state index in [1.807, 2.05) is 33.7 Å². The van der Waals surface area contributed by atoms with Crippen LogP contribution in [0.15, 0.2) is 42.6 Å². The highest BCUT2D eigenvalue weighted by Crippen LogP contribution is 2.31. The summed E-state index contributed by atoms with van der Waals surface area (Å²) in [5, 5.41) is 4.28. The van der Waals surface area contributed by atoms with Crippen molar-refractivity contribution in [1.82, 2.24) is 14.5 Å². The number of sulfonamides is 1. The molecule has 1 saturated heterocycles. The fraction of sp³-hybridized carbons (Fsp3) is 0.462. The zero-order valence-corrected chi connectivity index (χ0v) is 22.7. The summed E-state index contributed by atoms with van der Waals surface area (Å²) in [6.45, 7) is 12.9. The van der Waals surface area contributed by atoms with Gasteiger partial charge in [-0.3, -0.25) is 9.52 Å². The number of carbonyl (C=O) groups excluding carboxylic acids is 1. The summed E-state index contributed by atoms with van der Waals surface area (Å²) in [6.07, 6.45) is 2.92. The highest BCUT2D eigenvalue weighted by molar-refractivity contribution is 7.92. The molecule has 9 nitrogen and oxygen atoms in total. The fourth-order valence-corrected chi connectivity index (χ4v) is 5.28. The van der Waals surface area contributed by atoms with Gasteiger partial charge in [-0.05, 0) is 71.0 Å². The Morgan fingerprint density at radius 3 is 2.36 bits per heavy atom. The molecule has 3 heterocycles. The number of hydrogen-bond donors (Lipinski definition) is 2. The quantitative estimate of drug-likeness (QED) is 0.519. The maximum absolute atomic E-state index is 13.8. The summed E-state index contributed by atoms with van der Waals surface area (Å²) in [5.41, 5.74) is 2.62. The number of benzene rings is 1. The molecule has 2 N–H and O–H groups in total. The van der Waals surface area contributed by atoms with Gasteiger partial charge in [0.1, 0.15) is 5.69 Å². The van der Waals surface area contributed by atoms with Gasteiger partial charge in [0.05, 0.1) is 11.9 Å². The molecule has 0 saturated carbocycles. The van der Waals surface area contributed by atoms with Gasteiger partial charge in [0.2, 0.25) is 10.0 Å². The molecule has 1 aromatic carbocycles. The maximum Gasteiger partial charge on any atom is 0.270 e. The van der Waals surface area contributed by atoms with Gasteiger partial charge in [0.15, 0.2) is 5.82 Å². The van der Waals surface area contributed by atoms with Crippen LogP contribution in [0.5, 0.6) is 0 Å². The summed E-state index contributed by atoms with van der Waals surface area (Å²) in [4.78, 5) is 22.5. The number of hydrogen-bond acceptors (Lipinski definition) is 6. The Hall–Kier alpha value is -3.27. The average molecular weight is 513 g/mol. The van der Waals surface area contributed by atoms with E-state index >= 15 is 0 Å². The molecule has 0 radical (unpaired) electrons. The average Bonchev–Trinajstić information content (AvgIpc) is 3.17. The van der Waals surface area contributed by atoms with Crippen molar-refractivity contribution >= 4 is 44.0 Å². The number of rotatable bonds is 6. The van der Waals surface area contributed by atoms with Crippen molar-refractivity contribution in [2.75, 3.05) is 47.4 Å². The molecule has 0 unspecified atom stereocenters. The van der Waals surface area contributed by atoms with Crippen molar-refractivity contribution in [1.29, 1.82) is 0 Å². The van der Waals surface area contributed by atoms with Crippen LogP contribution in [-0.2, 0) is 15.6 Å². The second-order valence-electron chi connectivity index (χ2n) is 10.6. The summed E-state index contributed by atoms with van der Waals surface area (Å²) in [5.74, 6) is 0.882. The summed E-state index contributed by atoms with van der Waals surface area (Å²) in [6, 6.07) is 11.5. The molecule has 2 aromatic heterocycles. The zero-order chi connectivity index (χ0) is 26.3. The lowest BCUT2D eigenvalue weighted by molar-refractivity contribution is 0.0730. The van der Waals surface area contributed by atoms with Crippen LogP contribution in [0, 0.1) is 0 Å². The van der Waals surface area contributed by atoms with E-state index in [0.717, 1.165) is 28.7 Å². The largest absolute Gasteiger partial charge is 0.380 e. The number of nitrogens with zero attached hydrogens (tertiary/aromatic N) is 4. The first-order chi connectivity index (χ1) is 16.8. The summed E-state index contributed by atoms with van der Waals surface area (Å²) >= 11 is 0. The smallest absolute Gasteiger partial charge is 0.270 e. The summed E-state index contributed by atoms with van der Waals surface area (Å²) < 4.78 is 28.0. The Morgan fingerprint density at radius 1 is 1.06 bits per heavy atom. The van der Waals surface area contributed by atoms with Gasteiger partial charge in [0.25, 0.3) is 5.91 Å². The third-order valence-electron chi connectivity index (χ3n) is 6.09. The predicted octanol–water partition coefficient (Wildman–Crippen LogP) is 3.95. The number of carbonyl (C=O) groups is 1. The first-order valence-electron chi connectivity index (χ1n) is 12.2. The third kappa shape index (κ3) is 5.59. The van der Waals surface area contributed by atoms with Crippen LogP contribution in [0.4, 0.5) is 17.2 Å². The van der Waals surface area contributed by atoms with E-state index in [1.165, 1.54) is 0 Å². The van der Waals surface area contributed by atoms with Gasteiger partial charge < -0.3 is 19.7 Å². The van der Waals surface area contributed by atoms with Crippen LogP contribution < -0.4 is 14.9 Å². The lowest BCUT2D eigenvalue weighted by atomic mass is 10.1. The Balaban J connectivity index is 1.59. The molecule has 0 aliphatic carbocycles. The van der Waals surface area contributed by atoms with Gasteiger partial charge in [-0.2, -0.15) is 0 Å². The lowest BCUT2D eigenvalue weighted by Crippen LogP contribution is -2.49. The molecule has 4 rings (SSSR count). The van der Waals surface area contributed by atoms with E-state index in [-0.39, 0.29) is 11.4 Å². The van der Waals surface area contributed by atoms with Gasteiger partial charge in [-0.1, -0.05) is 0 Å². The molecule has 10 heteroatoms. The molecule has 194 valence electrons. The van der Waals surface area contributed by atoms with Gasteiger partial charge in [0, 0.05) is 60.5 Å². The van der Waals surface area contributed by atoms with Crippen molar-refractivity contribution in [3.05, 3.63) is 48.3 Å². The van der Waals surface area contributed by atoms with Gasteiger partial charge in [-0.25, -0.2) is 13.4 Å². The number of pyridine rings is 1. The van der Waals surface area contributed by atoms with Gasteiger partial charge in [-0.15, -0.1) is 0 Å². The van der Waals surface area contributed by atoms with Crippen LogP contribution in [0.2, 0.25) is 0 Å². The third-order valence-corrected chi connectivity index (χ3v) is 6.70. The topological polar surface area (TPSA) is 99.6 Å². The molecule has 3 aromatic rings. The molecule has 1 amide bonds. The van der Waals surface area contributed by atoms with E-state index in [1.54, 1.807) is 18.3 Å². The van der Waals surface area contributed by atoms with Crippen molar-refractivity contribution in [2.45, 2.75) is 46.2 Å². The number of aromatic nitrogens is 2. The van der Waals surface area contributed by atoms with E-state index in [4.69, 9.17) is 0 Å². The highest BCUT2D eigenvalue weighted by atomic mass is 32.2. The van der Waals surface area contributed by atoms with E-state index in [9.17, 15) is 13.2 Å². The van der Waals surface area contributed by atoms with Crippen LogP contribution >= 0.6 is 0 Å². The van der Waals surface area contributed by atoms with Crippen molar-refractivity contribution in [3.8, 4) is 0 Å². The van der Waals surface area contributed by atoms with E-state index in [0.29, 0.717) is 43.6 Å². The molecule has 1 aliphatic heterocycles. The minimum atomic E-state index is -3.40. The van der Waals surface area contributed by atoms with E-state index < -0.39 is 10.0 Å². The maximum atomic E-state index is 13.8. The second-order valence-corrected chi connectivity index (χ2v) is 12.4. The van der Waals surface area contributed by atoms with Crippen LogP contribution in [0.25, 0.3) is 10.9 Å². The first-order valence-corrected chi connectivity index (χ1v) is 14.1. The Morgan fingerprint density at radius 2 is 1.75 bits per heavy atom. The van der Waals surface area contributed by atoms with E-state index in [2.05, 4.69) is 54.5 Å². The molecular formula is C26H36N6O3S. The molecule has 0 bridgehead atoms. The van der Waals surface area contributed by atoms with Crippen LogP contribution in [0.1, 0.15) is 45.1 Å². The SMILES string of the molecule is CC(C)Nc1cccnc1N1CCN(C(=O)c2cc3cc(NS(C)(=O)=O)ccc3n2C(C)(C)C)CC1. The molecule has 1 aliphatic rings. The van der Waals surface area contributed by atoms with Crippen molar-refractivity contribution < 1.29 is 13.2 Å². The van der Waals surface area contributed by atoms with Crippen LogP contribution in [-0.4, -0.2) is 67.3 Å². The number of nitrogens with one attached hydrogen (secondary N) is 2. The summed E-state index contributed by atoms with van der Waals surface area (Å²) in [7, 11) is -3.40. The Labute approximate surface area is 213 Å². The highest BCUT2D eigenvalue weighted by Gasteiger charge is 2.30. The number of fused-ring (bicyclic) bond motifs is 1. The minimum absolute atomic E-state index is 0.0278. The Kier molecular flexibility index (Phi) is 6.92. The number of piperazine rings is 1. The Bertz CT molecular complexity index is 1370. The number of anilines is 3. The normalized spacial score (nSPS) is 15.0. The van der Waals surface area contributed by atoms with Crippen molar-refractivity contribution in [3.63, 3.8) is 0 Å². The predicted molar refractivity (Wildman–Crippen MR) is 147 cm³/mol. The lowest BCUT2D eigenvalue weighted by Gasteiger charge is -2.37. The number of amides is 1. The van der Waals surface area contributed by atoms with Crippen molar-refractivity contribution in [2.24, 2.45) is 0 Å². The fourth-order valence-electron chi connectivity index (χ4n) is 4.73. The molecule has 36 heavy (non-hydrogen) atoms. The van der Waals surface area contributed by atoms with Gasteiger partial charge >= 0.3 is 0 Å². The first kappa shape index (κ1) is 25.8. The second kappa shape index (κ2) is 9.65. The standard InChI is InChI=1S/C26H36N6O3S/c1-18(2)28-21-8-7-11-27-24(21)30-12-14-31(15-13-30)25(33)23-17-19-16-20(29-36(6,34)35)9-10-22(19)32(23)26(3,4)5/h7-11,16-18,28-29H,12-15H2,1-6H3. The zero-order valence-electron chi connectivity index (χ0n) is 21.9. The molecule has 0 spiro atoms. The molecule has 1 fully saturated rings.